The fourth-order valence-corrected chi connectivity index (χ4v) is 2.36. The molecule has 5 nitrogen and oxygen atoms in total. The third kappa shape index (κ3) is 5.70. The molecule has 1 aromatic carbocycles. The smallest absolute Gasteiger partial charge is 0.247 e. The molecule has 0 aliphatic rings. The topological polar surface area (TPSA) is 79.2 Å². The van der Waals surface area contributed by atoms with Gasteiger partial charge in [0, 0.05) is 36.2 Å². The van der Waals surface area contributed by atoms with Gasteiger partial charge in [-0.3, -0.25) is 4.79 Å². The van der Waals surface area contributed by atoms with Crippen molar-refractivity contribution in [2.45, 2.75) is 39.2 Å². The van der Waals surface area contributed by atoms with Crippen LogP contribution in [-0.4, -0.2) is 19.0 Å². The minimum atomic E-state index is -0.245. The van der Waals surface area contributed by atoms with E-state index in [1.165, 1.54) is 6.08 Å². The number of hydrogen-bond acceptors (Lipinski definition) is 4. The predicted octanol–water partition coefficient (Wildman–Crippen LogP) is 3.28. The molecule has 5 N–H and O–H groups in total. The summed E-state index contributed by atoms with van der Waals surface area (Å²) in [6.45, 7) is 7.80. The number of hydrogen-bond donors (Lipinski definition) is 4. The molecule has 126 valence electrons. The predicted molar refractivity (Wildman–Crippen MR) is 99.1 cm³/mol. The Labute approximate surface area is 139 Å². The first kappa shape index (κ1) is 18.6. The molecule has 1 atom stereocenters. The van der Waals surface area contributed by atoms with Crippen LogP contribution >= 0.6 is 0 Å². The number of carbonyl (C=O) groups is 1. The van der Waals surface area contributed by atoms with E-state index in [1.807, 2.05) is 18.2 Å². The molecular weight excluding hydrogens is 288 g/mol. The van der Waals surface area contributed by atoms with Gasteiger partial charge in [-0.15, -0.1) is 0 Å². The van der Waals surface area contributed by atoms with Crippen LogP contribution in [0.2, 0.25) is 0 Å². The molecule has 0 saturated heterocycles. The van der Waals surface area contributed by atoms with Gasteiger partial charge < -0.3 is 21.7 Å². The molecule has 0 bridgehead atoms. The number of carbonyl (C=O) groups excluding carboxylic acids is 1. The number of rotatable bonds is 9. The van der Waals surface area contributed by atoms with E-state index < -0.39 is 0 Å². The molecule has 0 aliphatic carbocycles. The summed E-state index contributed by atoms with van der Waals surface area (Å²) in [4.78, 5) is 11.5. The minimum absolute atomic E-state index is 0.245. The number of nitrogens with one attached hydrogen (secondary N) is 3. The highest BCUT2D eigenvalue weighted by atomic mass is 16.1. The quantitative estimate of drug-likeness (QED) is 0.527. The zero-order valence-corrected chi connectivity index (χ0v) is 14.3. The minimum Gasteiger partial charge on any atom is -0.397 e. The monoisotopic (exact) mass is 316 g/mol. The maximum absolute atomic E-state index is 11.5. The van der Waals surface area contributed by atoms with E-state index in [9.17, 15) is 4.79 Å². The van der Waals surface area contributed by atoms with Crippen molar-refractivity contribution in [3.05, 3.63) is 42.6 Å². The summed E-state index contributed by atoms with van der Waals surface area (Å²) in [6.07, 6.45) is 6.24. The molecule has 0 saturated carbocycles. The highest BCUT2D eigenvalue weighted by Crippen LogP contribution is 2.26. The van der Waals surface area contributed by atoms with E-state index >= 15 is 0 Å². The van der Waals surface area contributed by atoms with Crippen LogP contribution in [0.1, 0.15) is 38.7 Å². The molecule has 0 aromatic heterocycles. The zero-order valence-electron chi connectivity index (χ0n) is 14.3. The number of amides is 1. The molecule has 5 heteroatoms. The van der Waals surface area contributed by atoms with Gasteiger partial charge in [-0.2, -0.15) is 0 Å². The highest BCUT2D eigenvalue weighted by Gasteiger charge is 2.11. The van der Waals surface area contributed by atoms with E-state index in [0.717, 1.165) is 30.5 Å². The summed E-state index contributed by atoms with van der Waals surface area (Å²) < 4.78 is 0. The Hall–Kier alpha value is -2.43. The molecule has 23 heavy (non-hydrogen) atoms. The Morgan fingerprint density at radius 2 is 2.13 bits per heavy atom. The lowest BCUT2D eigenvalue weighted by Gasteiger charge is -2.21. The van der Waals surface area contributed by atoms with E-state index in [4.69, 9.17) is 5.73 Å². The fraction of sp³-hybridized carbons (Fsp3) is 0.389. The maximum atomic E-state index is 11.5. The van der Waals surface area contributed by atoms with Gasteiger partial charge in [0.05, 0.1) is 5.70 Å². The van der Waals surface area contributed by atoms with Crippen molar-refractivity contribution in [3.8, 4) is 0 Å². The Morgan fingerprint density at radius 3 is 2.70 bits per heavy atom. The van der Waals surface area contributed by atoms with Crippen LogP contribution in [0.3, 0.4) is 0 Å². The Bertz CT molecular complexity index is 566. The van der Waals surface area contributed by atoms with Gasteiger partial charge in [-0.25, -0.2) is 0 Å². The van der Waals surface area contributed by atoms with Crippen molar-refractivity contribution in [1.82, 2.24) is 5.32 Å². The van der Waals surface area contributed by atoms with Crippen LogP contribution in [0.4, 0.5) is 11.4 Å². The first-order chi connectivity index (χ1) is 11.0. The summed E-state index contributed by atoms with van der Waals surface area (Å²) in [6, 6.07) is 6.07. The number of nitrogens with two attached hydrogens (primary N) is 1. The average Bonchev–Trinajstić information content (AvgIpc) is 2.55. The number of benzene rings is 1. The van der Waals surface area contributed by atoms with Crippen LogP contribution in [-0.2, 0) is 4.79 Å². The van der Waals surface area contributed by atoms with Crippen molar-refractivity contribution in [2.75, 3.05) is 17.7 Å². The Morgan fingerprint density at radius 1 is 1.39 bits per heavy atom. The summed E-state index contributed by atoms with van der Waals surface area (Å²) in [5.41, 5.74) is 9.27. The second-order valence-electron chi connectivity index (χ2n) is 5.38. The SMILES string of the molecule is C=CC(=O)Nc1ccc(NC(CC)CCC)c(/C(N)=C/NC)c1. The molecule has 0 radical (unpaired) electrons. The zero-order chi connectivity index (χ0) is 17.2. The Balaban J connectivity index is 3.15. The summed E-state index contributed by atoms with van der Waals surface area (Å²) in [7, 11) is 1.80. The fourth-order valence-electron chi connectivity index (χ4n) is 2.36. The van der Waals surface area contributed by atoms with Crippen molar-refractivity contribution < 1.29 is 4.79 Å². The lowest BCUT2D eigenvalue weighted by molar-refractivity contribution is -0.111. The molecule has 0 fully saturated rings. The third-order valence-electron chi connectivity index (χ3n) is 3.57. The van der Waals surface area contributed by atoms with Crippen LogP contribution in [0.15, 0.2) is 37.1 Å². The largest absolute Gasteiger partial charge is 0.397 e. The van der Waals surface area contributed by atoms with Crippen molar-refractivity contribution in [3.63, 3.8) is 0 Å². The second-order valence-corrected chi connectivity index (χ2v) is 5.38. The van der Waals surface area contributed by atoms with Crippen LogP contribution in [0.5, 0.6) is 0 Å². The lowest BCUT2D eigenvalue weighted by Crippen LogP contribution is -2.20. The molecule has 1 aromatic rings. The number of anilines is 2. The third-order valence-corrected chi connectivity index (χ3v) is 3.57. The summed E-state index contributed by atoms with van der Waals surface area (Å²) in [5.74, 6) is -0.245. The van der Waals surface area contributed by atoms with Gasteiger partial charge in [-0.1, -0.05) is 26.8 Å². The van der Waals surface area contributed by atoms with Crippen LogP contribution in [0, 0.1) is 0 Å². The first-order valence-electron chi connectivity index (χ1n) is 8.02. The first-order valence-corrected chi connectivity index (χ1v) is 8.02. The molecule has 0 spiro atoms. The van der Waals surface area contributed by atoms with Crippen molar-refractivity contribution in [1.29, 1.82) is 0 Å². The van der Waals surface area contributed by atoms with Gasteiger partial charge in [-0.05, 0) is 37.1 Å². The molecule has 0 aliphatic heterocycles. The van der Waals surface area contributed by atoms with Crippen molar-refractivity contribution in [2.24, 2.45) is 5.73 Å². The van der Waals surface area contributed by atoms with Gasteiger partial charge in [0.1, 0.15) is 0 Å². The molecule has 1 amide bonds. The molecule has 0 heterocycles. The maximum Gasteiger partial charge on any atom is 0.247 e. The molecular formula is C18H28N4O. The molecule has 1 unspecified atom stereocenters. The van der Waals surface area contributed by atoms with Gasteiger partial charge in [0.15, 0.2) is 0 Å². The lowest BCUT2D eigenvalue weighted by atomic mass is 10.1. The van der Waals surface area contributed by atoms with Crippen LogP contribution < -0.4 is 21.7 Å². The summed E-state index contributed by atoms with van der Waals surface area (Å²) >= 11 is 0. The van der Waals surface area contributed by atoms with Gasteiger partial charge >= 0.3 is 0 Å². The van der Waals surface area contributed by atoms with E-state index in [-0.39, 0.29) is 5.91 Å². The normalized spacial score (nSPS) is 12.4. The van der Waals surface area contributed by atoms with E-state index in [2.05, 4.69) is 36.4 Å². The van der Waals surface area contributed by atoms with E-state index in [1.54, 1.807) is 13.2 Å². The van der Waals surface area contributed by atoms with Crippen LogP contribution in [0.25, 0.3) is 5.70 Å². The summed E-state index contributed by atoms with van der Waals surface area (Å²) in [5, 5.41) is 9.25. The average molecular weight is 316 g/mol. The standard InChI is InChI=1S/C18H28N4O/c1-5-8-13(6-2)21-17-10-9-14(22-18(23)7-3)11-15(17)16(19)12-20-4/h7,9-13,20-21H,3,5-6,8,19H2,1-2,4H3,(H,22,23)/b16-12-. The van der Waals surface area contributed by atoms with Gasteiger partial charge in [0.2, 0.25) is 5.91 Å². The molecule has 1 rings (SSSR count). The Kier molecular flexibility index (Phi) is 7.74. The second kappa shape index (κ2) is 9.56. The van der Waals surface area contributed by atoms with Gasteiger partial charge in [0.25, 0.3) is 0 Å². The van der Waals surface area contributed by atoms with Crippen molar-refractivity contribution >= 4 is 23.0 Å². The highest BCUT2D eigenvalue weighted by molar-refractivity contribution is 5.99. The van der Waals surface area contributed by atoms with E-state index in [0.29, 0.717) is 17.4 Å².